The number of anilines is 1. The fourth-order valence-corrected chi connectivity index (χ4v) is 3.50. The molecule has 7 nitrogen and oxygen atoms in total. The third-order valence-corrected chi connectivity index (χ3v) is 5.24. The fourth-order valence-electron chi connectivity index (χ4n) is 2.60. The highest BCUT2D eigenvalue weighted by molar-refractivity contribution is 7.98. The first kappa shape index (κ1) is 21.6. The molecule has 3 aromatic rings. The lowest BCUT2D eigenvalue weighted by Gasteiger charge is -2.10. The lowest BCUT2D eigenvalue weighted by atomic mass is 10.2. The zero-order chi connectivity index (χ0) is 21.3. The molecular weight excluding hydrogens is 402 g/mol. The standard InChI is InChI=1S/C22H23N3O4S/c1-3-4-13-28-22(27)16-9-11-17(12-10-16)24-21(26)18-7-5-6-8-19(18)30-14-20-23-15(2)29-25-20/h5-12H,3-4,13-14H2,1-2H3,(H,24,26). The lowest BCUT2D eigenvalue weighted by Crippen LogP contribution is -2.13. The molecule has 3 rings (SSSR count). The highest BCUT2D eigenvalue weighted by Crippen LogP contribution is 2.26. The molecule has 0 fully saturated rings. The van der Waals surface area contributed by atoms with Crippen LogP contribution in [0.25, 0.3) is 0 Å². The van der Waals surface area contributed by atoms with E-state index in [0.29, 0.717) is 40.9 Å². The van der Waals surface area contributed by atoms with Crippen LogP contribution in [-0.4, -0.2) is 28.6 Å². The smallest absolute Gasteiger partial charge is 0.338 e. The number of benzene rings is 2. The van der Waals surface area contributed by atoms with E-state index in [1.54, 1.807) is 37.3 Å². The molecule has 0 aliphatic heterocycles. The average Bonchev–Trinajstić information content (AvgIpc) is 3.18. The number of thioether (sulfide) groups is 1. The van der Waals surface area contributed by atoms with Gasteiger partial charge < -0.3 is 14.6 Å². The van der Waals surface area contributed by atoms with Gasteiger partial charge in [-0.2, -0.15) is 4.98 Å². The van der Waals surface area contributed by atoms with E-state index in [1.807, 2.05) is 25.1 Å². The van der Waals surface area contributed by atoms with Crippen molar-refractivity contribution in [3.05, 3.63) is 71.4 Å². The number of nitrogens with zero attached hydrogens (tertiary/aromatic N) is 2. The molecule has 2 aromatic carbocycles. The molecule has 1 N–H and O–H groups in total. The number of unbranched alkanes of at least 4 members (excludes halogenated alkanes) is 1. The molecule has 30 heavy (non-hydrogen) atoms. The van der Waals surface area contributed by atoms with Crippen LogP contribution in [0.3, 0.4) is 0 Å². The molecule has 0 aliphatic carbocycles. The second kappa shape index (κ2) is 10.6. The van der Waals surface area contributed by atoms with Crippen molar-refractivity contribution in [1.82, 2.24) is 10.1 Å². The number of rotatable bonds is 9. The van der Waals surface area contributed by atoms with Gasteiger partial charge in [-0.15, -0.1) is 11.8 Å². The largest absolute Gasteiger partial charge is 0.462 e. The molecule has 0 radical (unpaired) electrons. The second-order valence-corrected chi connectivity index (χ2v) is 7.55. The SMILES string of the molecule is CCCCOC(=O)c1ccc(NC(=O)c2ccccc2SCc2noc(C)n2)cc1. The van der Waals surface area contributed by atoms with E-state index in [0.717, 1.165) is 17.7 Å². The number of hydrogen-bond acceptors (Lipinski definition) is 7. The number of aryl methyl sites for hydroxylation is 1. The van der Waals surface area contributed by atoms with Gasteiger partial charge in [0.1, 0.15) is 0 Å². The Hall–Kier alpha value is -3.13. The van der Waals surface area contributed by atoms with E-state index in [1.165, 1.54) is 11.8 Å². The molecule has 0 saturated heterocycles. The first-order chi connectivity index (χ1) is 14.6. The van der Waals surface area contributed by atoms with Gasteiger partial charge in [-0.25, -0.2) is 4.79 Å². The minimum Gasteiger partial charge on any atom is -0.462 e. The Morgan fingerprint density at radius 1 is 1.13 bits per heavy atom. The van der Waals surface area contributed by atoms with Crippen molar-refractivity contribution in [3.63, 3.8) is 0 Å². The van der Waals surface area contributed by atoms with Crippen LogP contribution in [0.4, 0.5) is 5.69 Å². The number of carbonyl (C=O) groups is 2. The molecule has 1 heterocycles. The number of aromatic nitrogens is 2. The predicted octanol–water partition coefficient (Wildman–Crippen LogP) is 4.88. The molecule has 8 heteroatoms. The molecule has 156 valence electrons. The number of carbonyl (C=O) groups excluding carboxylic acids is 2. The number of esters is 1. The quantitative estimate of drug-likeness (QED) is 0.297. The highest BCUT2D eigenvalue weighted by Gasteiger charge is 2.14. The van der Waals surface area contributed by atoms with E-state index in [4.69, 9.17) is 9.26 Å². The molecule has 0 unspecified atom stereocenters. The zero-order valence-electron chi connectivity index (χ0n) is 16.9. The summed E-state index contributed by atoms with van der Waals surface area (Å²) < 4.78 is 10.2. The molecule has 0 atom stereocenters. The summed E-state index contributed by atoms with van der Waals surface area (Å²) in [5.74, 6) is 0.986. The van der Waals surface area contributed by atoms with Crippen LogP contribution in [0.15, 0.2) is 57.9 Å². The van der Waals surface area contributed by atoms with E-state index in [2.05, 4.69) is 15.5 Å². The summed E-state index contributed by atoms with van der Waals surface area (Å²) in [6.45, 7) is 4.18. The third-order valence-electron chi connectivity index (χ3n) is 4.17. The van der Waals surface area contributed by atoms with Crippen LogP contribution in [0, 0.1) is 6.92 Å². The van der Waals surface area contributed by atoms with Crippen molar-refractivity contribution < 1.29 is 18.8 Å². The summed E-state index contributed by atoms with van der Waals surface area (Å²) in [5, 5.41) is 6.74. The highest BCUT2D eigenvalue weighted by atomic mass is 32.2. The maximum absolute atomic E-state index is 12.8. The van der Waals surface area contributed by atoms with E-state index >= 15 is 0 Å². The number of amides is 1. The normalized spacial score (nSPS) is 10.6. The molecular formula is C22H23N3O4S. The first-order valence-corrected chi connectivity index (χ1v) is 10.6. The summed E-state index contributed by atoms with van der Waals surface area (Å²) >= 11 is 1.46. The summed E-state index contributed by atoms with van der Waals surface area (Å²) in [4.78, 5) is 29.7. The van der Waals surface area contributed by atoms with Crippen LogP contribution in [0.2, 0.25) is 0 Å². The van der Waals surface area contributed by atoms with Crippen molar-refractivity contribution in [2.24, 2.45) is 0 Å². The fraction of sp³-hybridized carbons (Fsp3) is 0.273. The van der Waals surface area contributed by atoms with Crippen LogP contribution in [0.1, 0.15) is 52.2 Å². The van der Waals surface area contributed by atoms with Gasteiger partial charge in [0.15, 0.2) is 5.82 Å². The summed E-state index contributed by atoms with van der Waals surface area (Å²) in [6, 6.07) is 14.0. The van der Waals surface area contributed by atoms with E-state index in [-0.39, 0.29) is 11.9 Å². The Bertz CT molecular complexity index is 1000. The van der Waals surface area contributed by atoms with Gasteiger partial charge in [0, 0.05) is 17.5 Å². The Balaban J connectivity index is 1.62. The topological polar surface area (TPSA) is 94.3 Å². The van der Waals surface area contributed by atoms with Gasteiger partial charge in [-0.05, 0) is 42.8 Å². The number of ether oxygens (including phenoxy) is 1. The van der Waals surface area contributed by atoms with Gasteiger partial charge in [0.05, 0.1) is 23.5 Å². The Labute approximate surface area is 179 Å². The van der Waals surface area contributed by atoms with Crippen molar-refractivity contribution in [2.45, 2.75) is 37.3 Å². The minimum atomic E-state index is -0.361. The van der Waals surface area contributed by atoms with Crippen molar-refractivity contribution in [2.75, 3.05) is 11.9 Å². The molecule has 0 aliphatic rings. The van der Waals surface area contributed by atoms with Crippen molar-refractivity contribution >= 4 is 29.3 Å². The predicted molar refractivity (Wildman–Crippen MR) is 115 cm³/mol. The number of nitrogens with one attached hydrogen (secondary N) is 1. The average molecular weight is 426 g/mol. The van der Waals surface area contributed by atoms with Gasteiger partial charge in [0.2, 0.25) is 5.89 Å². The maximum Gasteiger partial charge on any atom is 0.338 e. The van der Waals surface area contributed by atoms with Crippen LogP contribution in [-0.2, 0) is 10.5 Å². The van der Waals surface area contributed by atoms with Gasteiger partial charge in [-0.3, -0.25) is 4.79 Å². The minimum absolute atomic E-state index is 0.235. The molecule has 0 saturated carbocycles. The molecule has 1 aromatic heterocycles. The molecule has 0 bridgehead atoms. The van der Waals surface area contributed by atoms with Gasteiger partial charge in [0.25, 0.3) is 5.91 Å². The van der Waals surface area contributed by atoms with Crippen molar-refractivity contribution in [1.29, 1.82) is 0 Å². The Kier molecular flexibility index (Phi) is 7.62. The zero-order valence-corrected chi connectivity index (χ0v) is 17.7. The number of hydrogen-bond donors (Lipinski definition) is 1. The van der Waals surface area contributed by atoms with Crippen LogP contribution >= 0.6 is 11.8 Å². The summed E-state index contributed by atoms with van der Waals surface area (Å²) in [5.41, 5.74) is 1.60. The maximum atomic E-state index is 12.8. The second-order valence-electron chi connectivity index (χ2n) is 6.54. The van der Waals surface area contributed by atoms with Crippen LogP contribution < -0.4 is 5.32 Å². The lowest BCUT2D eigenvalue weighted by molar-refractivity contribution is 0.0499. The first-order valence-electron chi connectivity index (χ1n) is 9.66. The third kappa shape index (κ3) is 5.93. The van der Waals surface area contributed by atoms with Gasteiger partial charge >= 0.3 is 5.97 Å². The molecule has 1 amide bonds. The van der Waals surface area contributed by atoms with Crippen molar-refractivity contribution in [3.8, 4) is 0 Å². The Morgan fingerprint density at radius 2 is 1.90 bits per heavy atom. The summed E-state index contributed by atoms with van der Waals surface area (Å²) in [6.07, 6.45) is 1.80. The Morgan fingerprint density at radius 3 is 2.60 bits per heavy atom. The molecule has 0 spiro atoms. The summed E-state index contributed by atoms with van der Waals surface area (Å²) in [7, 11) is 0. The van der Waals surface area contributed by atoms with Gasteiger partial charge in [-0.1, -0.05) is 30.6 Å². The van der Waals surface area contributed by atoms with E-state index in [9.17, 15) is 9.59 Å². The monoisotopic (exact) mass is 425 g/mol. The van der Waals surface area contributed by atoms with Crippen LogP contribution in [0.5, 0.6) is 0 Å². The van der Waals surface area contributed by atoms with E-state index < -0.39 is 0 Å².